The third-order valence-corrected chi connectivity index (χ3v) is 4.25. The van der Waals surface area contributed by atoms with Crippen molar-refractivity contribution in [2.75, 3.05) is 19.5 Å². The normalized spacial score (nSPS) is 11.0. The minimum Gasteiger partial charge on any atom is -0.493 e. The molecule has 144 valence electrons. The van der Waals surface area contributed by atoms with Crippen LogP contribution in [0.4, 0.5) is 5.95 Å². The molecule has 0 aliphatic rings. The van der Waals surface area contributed by atoms with Gasteiger partial charge < -0.3 is 24.3 Å². The van der Waals surface area contributed by atoms with Gasteiger partial charge >= 0.3 is 0 Å². The van der Waals surface area contributed by atoms with Crippen LogP contribution in [0.2, 0.25) is 0 Å². The number of hydrogen-bond donors (Lipinski definition) is 2. The third-order valence-electron chi connectivity index (χ3n) is 4.25. The highest BCUT2D eigenvalue weighted by molar-refractivity contribution is 5.57. The molecule has 3 aromatic heterocycles. The lowest BCUT2D eigenvalue weighted by atomic mass is 10.2. The molecule has 0 saturated heterocycles. The Bertz CT molecular complexity index is 1090. The third kappa shape index (κ3) is 3.23. The average molecular weight is 381 g/mol. The van der Waals surface area contributed by atoms with Crippen LogP contribution in [-0.2, 0) is 13.2 Å². The van der Waals surface area contributed by atoms with Crippen LogP contribution < -0.4 is 14.8 Å². The van der Waals surface area contributed by atoms with E-state index < -0.39 is 0 Å². The van der Waals surface area contributed by atoms with Gasteiger partial charge in [-0.05, 0) is 29.8 Å². The number of aromatic nitrogens is 4. The van der Waals surface area contributed by atoms with Gasteiger partial charge in [0, 0.05) is 18.3 Å². The number of nitrogens with zero attached hydrogens (tertiary/aromatic N) is 4. The summed E-state index contributed by atoms with van der Waals surface area (Å²) in [6.07, 6.45) is 3.13. The number of furan rings is 1. The zero-order chi connectivity index (χ0) is 19.5. The molecule has 0 amide bonds. The Labute approximate surface area is 160 Å². The van der Waals surface area contributed by atoms with E-state index in [-0.39, 0.29) is 6.61 Å². The van der Waals surface area contributed by atoms with E-state index in [0.717, 1.165) is 5.56 Å². The van der Waals surface area contributed by atoms with Crippen LogP contribution >= 0.6 is 0 Å². The predicted octanol–water partition coefficient (Wildman–Crippen LogP) is 2.51. The number of anilines is 1. The molecule has 0 unspecified atom stereocenters. The summed E-state index contributed by atoms with van der Waals surface area (Å²) >= 11 is 0. The quantitative estimate of drug-likeness (QED) is 0.503. The first-order valence-corrected chi connectivity index (χ1v) is 8.57. The van der Waals surface area contributed by atoms with Gasteiger partial charge in [0.05, 0.1) is 27.1 Å². The number of methoxy groups -OCH3 is 2. The van der Waals surface area contributed by atoms with Gasteiger partial charge in [-0.2, -0.15) is 4.52 Å². The van der Waals surface area contributed by atoms with Crippen molar-refractivity contribution < 1.29 is 19.0 Å². The number of aliphatic hydroxyl groups is 1. The molecule has 9 nitrogen and oxygen atoms in total. The van der Waals surface area contributed by atoms with E-state index in [4.69, 9.17) is 13.9 Å². The van der Waals surface area contributed by atoms with Gasteiger partial charge in [0.15, 0.2) is 22.9 Å². The number of rotatable bonds is 7. The molecule has 28 heavy (non-hydrogen) atoms. The molecule has 0 fully saturated rings. The van der Waals surface area contributed by atoms with Crippen molar-refractivity contribution >= 4 is 11.6 Å². The second-order valence-corrected chi connectivity index (χ2v) is 5.96. The van der Waals surface area contributed by atoms with Crippen molar-refractivity contribution in [3.05, 3.63) is 53.9 Å². The van der Waals surface area contributed by atoms with Gasteiger partial charge in [-0.25, -0.2) is 9.97 Å². The number of nitrogens with one attached hydrogen (secondary N) is 1. The summed E-state index contributed by atoms with van der Waals surface area (Å²) in [5, 5.41) is 17.3. The molecule has 0 aliphatic heterocycles. The maximum absolute atomic E-state index is 9.59. The summed E-state index contributed by atoms with van der Waals surface area (Å²) in [6, 6.07) is 9.21. The van der Waals surface area contributed by atoms with E-state index in [0.29, 0.717) is 46.8 Å². The first kappa shape index (κ1) is 17.8. The summed E-state index contributed by atoms with van der Waals surface area (Å²) < 4.78 is 17.5. The Morgan fingerprint density at radius 1 is 1.18 bits per heavy atom. The summed E-state index contributed by atoms with van der Waals surface area (Å²) in [5.74, 6) is 2.77. The van der Waals surface area contributed by atoms with Crippen molar-refractivity contribution in [2.45, 2.75) is 13.2 Å². The fraction of sp³-hybridized carbons (Fsp3) is 0.211. The van der Waals surface area contributed by atoms with Gasteiger partial charge in [-0.3, -0.25) is 0 Å². The highest BCUT2D eigenvalue weighted by atomic mass is 16.5. The molecular weight excluding hydrogens is 362 g/mol. The van der Waals surface area contributed by atoms with E-state index in [2.05, 4.69) is 20.4 Å². The summed E-state index contributed by atoms with van der Waals surface area (Å²) in [6.45, 7) is 0.291. The van der Waals surface area contributed by atoms with E-state index in [1.165, 1.54) is 0 Å². The fourth-order valence-electron chi connectivity index (χ4n) is 2.83. The molecule has 2 N–H and O–H groups in total. The lowest BCUT2D eigenvalue weighted by molar-refractivity contribution is 0.282. The molecular formula is C19H19N5O4. The van der Waals surface area contributed by atoms with Crippen LogP contribution in [0.1, 0.15) is 11.1 Å². The van der Waals surface area contributed by atoms with Crippen LogP contribution in [0.15, 0.2) is 47.2 Å². The number of fused-ring (bicyclic) bond motifs is 1. The minimum atomic E-state index is -0.192. The maximum atomic E-state index is 9.59. The Kier molecular flexibility index (Phi) is 4.81. The van der Waals surface area contributed by atoms with Gasteiger partial charge in [0.2, 0.25) is 11.8 Å². The molecule has 0 saturated carbocycles. The van der Waals surface area contributed by atoms with Crippen LogP contribution in [-0.4, -0.2) is 38.9 Å². The number of aliphatic hydroxyl groups excluding tert-OH is 1. The number of ether oxygens (including phenoxy) is 2. The van der Waals surface area contributed by atoms with Gasteiger partial charge in [-0.15, -0.1) is 5.10 Å². The van der Waals surface area contributed by atoms with Crippen LogP contribution in [0, 0.1) is 0 Å². The predicted molar refractivity (Wildman–Crippen MR) is 101 cm³/mol. The van der Waals surface area contributed by atoms with Crippen LogP contribution in [0.25, 0.3) is 17.2 Å². The Morgan fingerprint density at radius 2 is 2.04 bits per heavy atom. The second-order valence-electron chi connectivity index (χ2n) is 5.96. The second kappa shape index (κ2) is 7.57. The molecule has 0 spiro atoms. The lowest BCUT2D eigenvalue weighted by Crippen LogP contribution is -2.09. The molecule has 0 atom stereocenters. The average Bonchev–Trinajstić information content (AvgIpc) is 3.41. The van der Waals surface area contributed by atoms with Gasteiger partial charge in [0.25, 0.3) is 0 Å². The molecule has 9 heteroatoms. The standard InChI is InChI=1S/C19H19N5O4/c1-26-14-6-5-12(8-16(14)27-2)9-20-19-21-10-13(11-25)18-22-17(23-24(18)19)15-4-3-7-28-15/h3-8,10,25H,9,11H2,1-2H3,(H,20,21). The SMILES string of the molecule is COc1ccc(CNc2ncc(CO)c3nc(-c4ccco4)nn23)cc1OC. The highest BCUT2D eigenvalue weighted by Crippen LogP contribution is 2.28. The first-order chi connectivity index (χ1) is 13.7. The summed E-state index contributed by atoms with van der Waals surface area (Å²) in [5.41, 5.74) is 2.06. The maximum Gasteiger partial charge on any atom is 0.226 e. The molecule has 4 rings (SSSR count). The van der Waals surface area contributed by atoms with E-state index in [1.54, 1.807) is 43.3 Å². The smallest absolute Gasteiger partial charge is 0.226 e. The number of hydrogen-bond acceptors (Lipinski definition) is 8. The van der Waals surface area contributed by atoms with Crippen LogP contribution in [0.3, 0.4) is 0 Å². The Morgan fingerprint density at radius 3 is 2.75 bits per heavy atom. The first-order valence-electron chi connectivity index (χ1n) is 8.57. The highest BCUT2D eigenvalue weighted by Gasteiger charge is 2.15. The van der Waals surface area contributed by atoms with Gasteiger partial charge in [0.1, 0.15) is 0 Å². The van der Waals surface area contributed by atoms with Crippen molar-refractivity contribution in [1.29, 1.82) is 0 Å². The van der Waals surface area contributed by atoms with Crippen molar-refractivity contribution in [2.24, 2.45) is 0 Å². The largest absolute Gasteiger partial charge is 0.493 e. The van der Waals surface area contributed by atoms with Crippen molar-refractivity contribution in [1.82, 2.24) is 19.6 Å². The summed E-state index contributed by atoms with van der Waals surface area (Å²) in [4.78, 5) is 8.84. The molecule has 4 aromatic rings. The zero-order valence-electron chi connectivity index (χ0n) is 15.4. The minimum absolute atomic E-state index is 0.192. The topological polar surface area (TPSA) is 107 Å². The molecule has 0 bridgehead atoms. The van der Waals surface area contributed by atoms with Crippen molar-refractivity contribution in [3.63, 3.8) is 0 Å². The molecule has 1 aromatic carbocycles. The Hall–Kier alpha value is -3.59. The van der Waals surface area contributed by atoms with Crippen LogP contribution in [0.5, 0.6) is 11.5 Å². The van der Waals surface area contributed by atoms with E-state index in [9.17, 15) is 5.11 Å². The fourth-order valence-corrected chi connectivity index (χ4v) is 2.83. The summed E-state index contributed by atoms with van der Waals surface area (Å²) in [7, 11) is 3.19. The molecule has 0 radical (unpaired) electrons. The van der Waals surface area contributed by atoms with E-state index >= 15 is 0 Å². The Balaban J connectivity index is 1.65. The van der Waals surface area contributed by atoms with Crippen molar-refractivity contribution in [3.8, 4) is 23.1 Å². The van der Waals surface area contributed by atoms with Gasteiger partial charge in [-0.1, -0.05) is 6.07 Å². The molecule has 3 heterocycles. The van der Waals surface area contributed by atoms with E-state index in [1.807, 2.05) is 18.2 Å². The monoisotopic (exact) mass is 381 g/mol. The lowest BCUT2D eigenvalue weighted by Gasteiger charge is -2.11. The molecule has 0 aliphatic carbocycles. The zero-order valence-corrected chi connectivity index (χ0v) is 15.4. The number of benzene rings is 1.